The molecular formula is C16H10F2N2OS. The molecule has 0 aliphatic rings. The molecule has 2 aromatic carbocycles. The fourth-order valence-electron chi connectivity index (χ4n) is 1.93. The summed E-state index contributed by atoms with van der Waals surface area (Å²) in [5.74, 6) is -2.24. The molecule has 0 bridgehead atoms. The lowest BCUT2D eigenvalue weighted by Crippen LogP contribution is -2.13. The lowest BCUT2D eigenvalue weighted by Gasteiger charge is -2.07. The molecule has 1 heterocycles. The monoisotopic (exact) mass is 316 g/mol. The van der Waals surface area contributed by atoms with Gasteiger partial charge in [0, 0.05) is 28.9 Å². The van der Waals surface area contributed by atoms with Crippen molar-refractivity contribution in [3.8, 4) is 10.6 Å². The molecule has 0 saturated carbocycles. The molecule has 0 aliphatic carbocycles. The van der Waals surface area contributed by atoms with E-state index in [1.54, 1.807) is 18.3 Å². The zero-order valence-electron chi connectivity index (χ0n) is 11.2. The molecule has 0 atom stereocenters. The number of carbonyl (C=O) groups excluding carboxylic acids is 1. The molecule has 1 amide bonds. The molecule has 6 heteroatoms. The summed E-state index contributed by atoms with van der Waals surface area (Å²) in [5, 5.41) is 5.33. The average molecular weight is 316 g/mol. The largest absolute Gasteiger partial charge is 0.322 e. The van der Waals surface area contributed by atoms with Crippen LogP contribution in [0.2, 0.25) is 0 Å². The third-order valence-electron chi connectivity index (χ3n) is 3.00. The van der Waals surface area contributed by atoms with E-state index in [1.807, 2.05) is 17.5 Å². The number of nitrogens with zero attached hydrogens (tertiary/aromatic N) is 1. The Morgan fingerprint density at radius 2 is 1.86 bits per heavy atom. The lowest BCUT2D eigenvalue weighted by molar-refractivity contribution is 0.102. The minimum Gasteiger partial charge on any atom is -0.322 e. The molecule has 0 spiro atoms. The SMILES string of the molecule is O=C(Nc1ccc(-c2nccs2)cc1)c1ccc(F)cc1F. The van der Waals surface area contributed by atoms with Crippen molar-refractivity contribution < 1.29 is 13.6 Å². The first kappa shape index (κ1) is 14.3. The van der Waals surface area contributed by atoms with Crippen LogP contribution < -0.4 is 5.32 Å². The molecular weight excluding hydrogens is 306 g/mol. The van der Waals surface area contributed by atoms with Crippen LogP contribution in [0.5, 0.6) is 0 Å². The number of hydrogen-bond donors (Lipinski definition) is 1. The summed E-state index contributed by atoms with van der Waals surface area (Å²) < 4.78 is 26.4. The van der Waals surface area contributed by atoms with Gasteiger partial charge in [0.25, 0.3) is 5.91 Å². The minimum atomic E-state index is -0.892. The number of rotatable bonds is 3. The predicted molar refractivity (Wildman–Crippen MR) is 81.9 cm³/mol. The fraction of sp³-hybridized carbons (Fsp3) is 0. The van der Waals surface area contributed by atoms with Gasteiger partial charge in [0.15, 0.2) is 0 Å². The van der Waals surface area contributed by atoms with Gasteiger partial charge in [-0.3, -0.25) is 4.79 Å². The Morgan fingerprint density at radius 1 is 1.09 bits per heavy atom. The summed E-state index contributed by atoms with van der Waals surface area (Å²) in [7, 11) is 0. The van der Waals surface area contributed by atoms with Crippen molar-refractivity contribution in [2.75, 3.05) is 5.32 Å². The Bertz CT molecular complexity index is 802. The summed E-state index contributed by atoms with van der Waals surface area (Å²) >= 11 is 1.51. The first-order chi connectivity index (χ1) is 10.6. The molecule has 110 valence electrons. The van der Waals surface area contributed by atoms with Gasteiger partial charge in [-0.1, -0.05) is 0 Å². The zero-order valence-corrected chi connectivity index (χ0v) is 12.0. The van der Waals surface area contributed by atoms with Crippen LogP contribution in [-0.2, 0) is 0 Å². The number of carbonyl (C=O) groups is 1. The van der Waals surface area contributed by atoms with E-state index in [0.717, 1.165) is 22.7 Å². The summed E-state index contributed by atoms with van der Waals surface area (Å²) in [5.41, 5.74) is 1.25. The maximum absolute atomic E-state index is 13.5. The molecule has 22 heavy (non-hydrogen) atoms. The highest BCUT2D eigenvalue weighted by atomic mass is 32.1. The molecule has 3 rings (SSSR count). The van der Waals surface area contributed by atoms with Crippen molar-refractivity contribution >= 4 is 22.9 Å². The number of nitrogens with one attached hydrogen (secondary N) is 1. The van der Waals surface area contributed by atoms with E-state index in [0.29, 0.717) is 11.8 Å². The van der Waals surface area contributed by atoms with Crippen LogP contribution in [0.15, 0.2) is 54.0 Å². The topological polar surface area (TPSA) is 42.0 Å². The van der Waals surface area contributed by atoms with Crippen molar-refractivity contribution in [3.05, 3.63) is 71.2 Å². The Kier molecular flexibility index (Phi) is 3.93. The van der Waals surface area contributed by atoms with Gasteiger partial charge in [-0.05, 0) is 36.4 Å². The van der Waals surface area contributed by atoms with E-state index in [2.05, 4.69) is 10.3 Å². The third-order valence-corrected chi connectivity index (χ3v) is 3.82. The number of anilines is 1. The first-order valence-electron chi connectivity index (χ1n) is 6.40. The van der Waals surface area contributed by atoms with Crippen LogP contribution >= 0.6 is 11.3 Å². The molecule has 1 aromatic heterocycles. The van der Waals surface area contributed by atoms with Crippen molar-refractivity contribution in [1.82, 2.24) is 4.98 Å². The Labute approximate surface area is 129 Å². The quantitative estimate of drug-likeness (QED) is 0.781. The van der Waals surface area contributed by atoms with Gasteiger partial charge in [-0.25, -0.2) is 13.8 Å². The van der Waals surface area contributed by atoms with Gasteiger partial charge < -0.3 is 5.32 Å². The van der Waals surface area contributed by atoms with E-state index >= 15 is 0 Å². The Balaban J connectivity index is 1.77. The van der Waals surface area contributed by atoms with E-state index in [-0.39, 0.29) is 5.56 Å². The second-order valence-corrected chi connectivity index (χ2v) is 5.39. The molecule has 0 aliphatic heterocycles. The average Bonchev–Trinajstić information content (AvgIpc) is 3.02. The van der Waals surface area contributed by atoms with Gasteiger partial charge in [-0.15, -0.1) is 11.3 Å². The Morgan fingerprint density at radius 3 is 2.50 bits per heavy atom. The number of benzene rings is 2. The Hall–Kier alpha value is -2.60. The number of aromatic nitrogens is 1. The maximum atomic E-state index is 13.5. The highest BCUT2D eigenvalue weighted by Gasteiger charge is 2.12. The molecule has 0 radical (unpaired) electrons. The second kappa shape index (κ2) is 6.03. The van der Waals surface area contributed by atoms with Crippen LogP contribution in [-0.4, -0.2) is 10.9 Å². The van der Waals surface area contributed by atoms with Crippen molar-refractivity contribution in [3.63, 3.8) is 0 Å². The van der Waals surface area contributed by atoms with Crippen LogP contribution in [0.3, 0.4) is 0 Å². The standard InChI is InChI=1S/C16H10F2N2OS/c17-11-3-6-13(14(18)9-11)15(21)20-12-4-1-10(2-5-12)16-19-7-8-22-16/h1-9H,(H,20,21). The summed E-state index contributed by atoms with van der Waals surface area (Å²) in [6, 6.07) is 9.88. The van der Waals surface area contributed by atoms with Gasteiger partial charge in [0.2, 0.25) is 0 Å². The van der Waals surface area contributed by atoms with Crippen molar-refractivity contribution in [2.24, 2.45) is 0 Å². The molecule has 3 nitrogen and oxygen atoms in total. The predicted octanol–water partition coefficient (Wildman–Crippen LogP) is 4.34. The maximum Gasteiger partial charge on any atom is 0.258 e. The summed E-state index contributed by atoms with van der Waals surface area (Å²) in [4.78, 5) is 16.2. The van der Waals surface area contributed by atoms with E-state index < -0.39 is 17.5 Å². The van der Waals surface area contributed by atoms with Gasteiger partial charge >= 0.3 is 0 Å². The number of halogens is 2. The highest BCUT2D eigenvalue weighted by molar-refractivity contribution is 7.13. The van der Waals surface area contributed by atoms with Crippen LogP contribution in [0.4, 0.5) is 14.5 Å². The van der Waals surface area contributed by atoms with Crippen LogP contribution in [0.1, 0.15) is 10.4 Å². The van der Waals surface area contributed by atoms with Crippen LogP contribution in [0, 0.1) is 11.6 Å². The van der Waals surface area contributed by atoms with E-state index in [9.17, 15) is 13.6 Å². The van der Waals surface area contributed by atoms with Crippen molar-refractivity contribution in [2.45, 2.75) is 0 Å². The zero-order chi connectivity index (χ0) is 15.5. The molecule has 0 fully saturated rings. The normalized spacial score (nSPS) is 10.5. The number of amides is 1. The molecule has 0 unspecified atom stereocenters. The summed E-state index contributed by atoms with van der Waals surface area (Å²) in [6.07, 6.45) is 1.72. The van der Waals surface area contributed by atoms with Gasteiger partial charge in [-0.2, -0.15) is 0 Å². The second-order valence-electron chi connectivity index (χ2n) is 4.49. The minimum absolute atomic E-state index is 0.203. The van der Waals surface area contributed by atoms with E-state index in [1.165, 1.54) is 11.3 Å². The first-order valence-corrected chi connectivity index (χ1v) is 7.28. The third kappa shape index (κ3) is 3.01. The van der Waals surface area contributed by atoms with Crippen molar-refractivity contribution in [1.29, 1.82) is 0 Å². The van der Waals surface area contributed by atoms with Gasteiger partial charge in [0.1, 0.15) is 16.6 Å². The van der Waals surface area contributed by atoms with E-state index in [4.69, 9.17) is 0 Å². The highest BCUT2D eigenvalue weighted by Crippen LogP contribution is 2.23. The van der Waals surface area contributed by atoms with Gasteiger partial charge in [0.05, 0.1) is 5.56 Å². The van der Waals surface area contributed by atoms with Crippen LogP contribution in [0.25, 0.3) is 10.6 Å². The molecule has 3 aromatic rings. The summed E-state index contributed by atoms with van der Waals surface area (Å²) in [6.45, 7) is 0. The number of hydrogen-bond acceptors (Lipinski definition) is 3. The molecule has 0 saturated heterocycles. The molecule has 1 N–H and O–H groups in total. The fourth-order valence-corrected chi connectivity index (χ4v) is 2.58. The number of thiazole rings is 1. The lowest BCUT2D eigenvalue weighted by atomic mass is 10.1. The smallest absolute Gasteiger partial charge is 0.258 e.